The summed E-state index contributed by atoms with van der Waals surface area (Å²) in [6.45, 7) is 2.61. The van der Waals surface area contributed by atoms with Crippen LogP contribution >= 0.6 is 23.2 Å². The van der Waals surface area contributed by atoms with Crippen LogP contribution in [-0.2, 0) is 0 Å². The van der Waals surface area contributed by atoms with E-state index < -0.39 is 0 Å². The van der Waals surface area contributed by atoms with Crippen molar-refractivity contribution in [1.82, 2.24) is 15.3 Å². The summed E-state index contributed by atoms with van der Waals surface area (Å²) < 4.78 is 6.27. The molecule has 0 unspecified atom stereocenters. The second kappa shape index (κ2) is 7.43. The number of halogens is 2. The van der Waals surface area contributed by atoms with Gasteiger partial charge in [0, 0.05) is 62.3 Å². The quantitative estimate of drug-likeness (QED) is 0.282. The van der Waals surface area contributed by atoms with Gasteiger partial charge in [-0.2, -0.15) is 0 Å². The molecule has 29 heavy (non-hydrogen) atoms. The van der Waals surface area contributed by atoms with Gasteiger partial charge in [0.05, 0.1) is 11.0 Å². The molecule has 0 bridgehead atoms. The summed E-state index contributed by atoms with van der Waals surface area (Å²) in [5.41, 5.74) is 9.48. The number of hydrogen-bond donors (Lipinski definition) is 4. The van der Waals surface area contributed by atoms with E-state index in [1.165, 1.54) is 0 Å². The molecule has 0 spiro atoms. The third-order valence-electron chi connectivity index (χ3n) is 5.19. The number of aromatic nitrogens is 2. The SMILES string of the molecule is NCCNCCOc1c2[nH]c3ccc(Cl)cc3c2cc2c1[nH]c1ccc(Cl)cc12. The second-order valence-corrected chi connectivity index (χ2v) is 7.94. The molecule has 5 aromatic rings. The van der Waals surface area contributed by atoms with Gasteiger partial charge in [-0.3, -0.25) is 0 Å². The summed E-state index contributed by atoms with van der Waals surface area (Å²) >= 11 is 12.5. The number of nitrogens with one attached hydrogen (secondary N) is 3. The highest BCUT2D eigenvalue weighted by atomic mass is 35.5. The molecule has 0 radical (unpaired) electrons. The van der Waals surface area contributed by atoms with Crippen LogP contribution in [0.5, 0.6) is 5.75 Å². The second-order valence-electron chi connectivity index (χ2n) is 7.07. The molecule has 2 heterocycles. The Morgan fingerprint density at radius 1 is 0.793 bits per heavy atom. The minimum atomic E-state index is 0.528. The summed E-state index contributed by atoms with van der Waals surface area (Å²) in [7, 11) is 0. The van der Waals surface area contributed by atoms with E-state index in [1.54, 1.807) is 0 Å². The normalized spacial score (nSPS) is 12.0. The molecule has 3 aromatic carbocycles. The van der Waals surface area contributed by atoms with Crippen LogP contribution in [0.1, 0.15) is 0 Å². The Morgan fingerprint density at radius 3 is 1.93 bits per heavy atom. The van der Waals surface area contributed by atoms with Crippen LogP contribution < -0.4 is 15.8 Å². The lowest BCUT2D eigenvalue weighted by molar-refractivity contribution is 0.321. The van der Waals surface area contributed by atoms with E-state index in [-0.39, 0.29) is 0 Å². The van der Waals surface area contributed by atoms with Gasteiger partial charge in [-0.1, -0.05) is 23.2 Å². The minimum Gasteiger partial charge on any atom is -0.488 e. The fourth-order valence-corrected chi connectivity index (χ4v) is 4.24. The van der Waals surface area contributed by atoms with Gasteiger partial charge in [0.25, 0.3) is 0 Å². The molecule has 0 amide bonds. The number of benzene rings is 3. The molecule has 0 aliphatic heterocycles. The Balaban J connectivity index is 1.76. The van der Waals surface area contributed by atoms with Crippen LogP contribution in [0.25, 0.3) is 43.6 Å². The van der Waals surface area contributed by atoms with Gasteiger partial charge in [0.15, 0.2) is 5.75 Å². The van der Waals surface area contributed by atoms with Crippen molar-refractivity contribution in [2.75, 3.05) is 26.2 Å². The van der Waals surface area contributed by atoms with Crippen molar-refractivity contribution in [1.29, 1.82) is 0 Å². The van der Waals surface area contributed by atoms with E-state index in [0.29, 0.717) is 29.7 Å². The Hall–Kier alpha value is -2.44. The van der Waals surface area contributed by atoms with Gasteiger partial charge in [-0.25, -0.2) is 0 Å². The van der Waals surface area contributed by atoms with E-state index in [1.807, 2.05) is 36.4 Å². The van der Waals surface area contributed by atoms with Crippen molar-refractivity contribution in [3.8, 4) is 5.75 Å². The lowest BCUT2D eigenvalue weighted by Crippen LogP contribution is -2.26. The molecular weight excluding hydrogens is 407 g/mol. The van der Waals surface area contributed by atoms with E-state index in [0.717, 1.165) is 55.9 Å². The van der Waals surface area contributed by atoms with E-state index in [9.17, 15) is 0 Å². The van der Waals surface area contributed by atoms with Gasteiger partial charge in [-0.15, -0.1) is 0 Å². The van der Waals surface area contributed by atoms with Gasteiger partial charge in [0.2, 0.25) is 0 Å². The molecule has 7 heteroatoms. The van der Waals surface area contributed by atoms with Crippen molar-refractivity contribution in [2.24, 2.45) is 5.73 Å². The average Bonchev–Trinajstić information content (AvgIpc) is 3.25. The first-order valence-electron chi connectivity index (χ1n) is 9.54. The Bertz CT molecular complexity index is 1260. The van der Waals surface area contributed by atoms with Gasteiger partial charge in [-0.05, 0) is 42.5 Å². The molecule has 0 aliphatic carbocycles. The van der Waals surface area contributed by atoms with Crippen LogP contribution in [-0.4, -0.2) is 36.2 Å². The van der Waals surface area contributed by atoms with Crippen LogP contribution in [0.4, 0.5) is 0 Å². The summed E-state index contributed by atoms with van der Waals surface area (Å²) in [5.74, 6) is 0.798. The number of rotatable bonds is 6. The molecule has 5 N–H and O–H groups in total. The van der Waals surface area contributed by atoms with Gasteiger partial charge in [0.1, 0.15) is 6.61 Å². The number of hydrogen-bond acceptors (Lipinski definition) is 3. The predicted molar refractivity (Wildman–Crippen MR) is 123 cm³/mol. The average molecular weight is 427 g/mol. The monoisotopic (exact) mass is 426 g/mol. The number of ether oxygens (including phenoxy) is 1. The molecule has 2 aromatic heterocycles. The zero-order valence-corrected chi connectivity index (χ0v) is 17.1. The van der Waals surface area contributed by atoms with E-state index in [4.69, 9.17) is 33.7 Å². The smallest absolute Gasteiger partial charge is 0.167 e. The fourth-order valence-electron chi connectivity index (χ4n) is 3.89. The first kappa shape index (κ1) is 18.6. The highest BCUT2D eigenvalue weighted by Gasteiger charge is 2.17. The molecule has 0 saturated carbocycles. The minimum absolute atomic E-state index is 0.528. The van der Waals surface area contributed by atoms with Gasteiger partial charge >= 0.3 is 0 Å². The highest BCUT2D eigenvalue weighted by molar-refractivity contribution is 6.33. The van der Waals surface area contributed by atoms with Crippen LogP contribution in [0.15, 0.2) is 42.5 Å². The highest BCUT2D eigenvalue weighted by Crippen LogP contribution is 2.41. The Kier molecular flexibility index (Phi) is 4.76. The first-order chi connectivity index (χ1) is 14.2. The third kappa shape index (κ3) is 3.20. The van der Waals surface area contributed by atoms with Crippen LogP contribution in [0.2, 0.25) is 10.0 Å². The lowest BCUT2D eigenvalue weighted by Gasteiger charge is -2.10. The molecule has 148 valence electrons. The maximum absolute atomic E-state index is 6.27. The molecule has 5 rings (SSSR count). The van der Waals surface area contributed by atoms with Crippen LogP contribution in [0.3, 0.4) is 0 Å². The van der Waals surface area contributed by atoms with Crippen molar-refractivity contribution in [2.45, 2.75) is 0 Å². The Labute approximate surface area is 177 Å². The molecule has 0 fully saturated rings. The van der Waals surface area contributed by atoms with E-state index >= 15 is 0 Å². The van der Waals surface area contributed by atoms with Crippen LogP contribution in [0, 0.1) is 0 Å². The zero-order chi connectivity index (χ0) is 20.0. The van der Waals surface area contributed by atoms with Crippen molar-refractivity contribution >= 4 is 66.8 Å². The maximum Gasteiger partial charge on any atom is 0.167 e. The molecule has 0 atom stereocenters. The number of aromatic amines is 2. The predicted octanol–water partition coefficient (Wildman–Crippen LogP) is 5.19. The van der Waals surface area contributed by atoms with Gasteiger partial charge < -0.3 is 25.8 Å². The van der Waals surface area contributed by atoms with Crippen molar-refractivity contribution in [3.63, 3.8) is 0 Å². The largest absolute Gasteiger partial charge is 0.488 e. The molecular formula is C22H20Cl2N4O. The number of nitrogens with two attached hydrogens (primary N) is 1. The maximum atomic E-state index is 6.27. The zero-order valence-electron chi connectivity index (χ0n) is 15.6. The molecule has 5 nitrogen and oxygen atoms in total. The van der Waals surface area contributed by atoms with Crippen molar-refractivity contribution in [3.05, 3.63) is 52.5 Å². The topological polar surface area (TPSA) is 78.9 Å². The third-order valence-corrected chi connectivity index (χ3v) is 5.66. The standard InChI is InChI=1S/C22H20Cl2N4O/c23-12-1-3-18-14(9-12)16-11-17-15-10-13(24)2-4-19(15)28-21(17)22(20(16)27-18)29-8-7-26-6-5-25/h1-4,9-11,26-28H,5-8,25H2. The number of H-pyrrole nitrogens is 2. The fraction of sp³-hybridized carbons (Fsp3) is 0.182. The lowest BCUT2D eigenvalue weighted by atomic mass is 10.1. The van der Waals surface area contributed by atoms with Crippen molar-refractivity contribution < 1.29 is 4.74 Å². The summed E-state index contributed by atoms with van der Waals surface area (Å²) in [4.78, 5) is 7.01. The summed E-state index contributed by atoms with van der Waals surface area (Å²) in [6, 6.07) is 13.9. The summed E-state index contributed by atoms with van der Waals surface area (Å²) in [6.07, 6.45) is 0. The summed E-state index contributed by atoms with van der Waals surface area (Å²) in [5, 5.41) is 8.94. The Morgan fingerprint density at radius 2 is 1.38 bits per heavy atom. The molecule has 0 saturated heterocycles. The first-order valence-corrected chi connectivity index (χ1v) is 10.3. The molecule has 0 aliphatic rings. The number of fused-ring (bicyclic) bond motifs is 6. The van der Waals surface area contributed by atoms with E-state index in [2.05, 4.69) is 21.4 Å².